The zero-order valence-corrected chi connectivity index (χ0v) is 12.8. The lowest BCUT2D eigenvalue weighted by Gasteiger charge is -2.30. The molecule has 1 fully saturated rings. The van der Waals surface area contributed by atoms with E-state index in [0.717, 1.165) is 23.2 Å². The molecule has 2 aromatic carbocycles. The summed E-state index contributed by atoms with van der Waals surface area (Å²) in [4.78, 5) is 0. The van der Waals surface area contributed by atoms with Crippen LogP contribution in [0.3, 0.4) is 0 Å². The van der Waals surface area contributed by atoms with Crippen LogP contribution in [0.1, 0.15) is 18.6 Å². The van der Waals surface area contributed by atoms with Crippen LogP contribution in [0, 0.1) is 5.82 Å². The first-order valence-corrected chi connectivity index (χ1v) is 7.48. The lowest BCUT2D eigenvalue weighted by molar-refractivity contribution is -0.000215. The molecule has 0 unspecified atom stereocenters. The van der Waals surface area contributed by atoms with Crippen molar-refractivity contribution in [2.45, 2.75) is 19.1 Å². The lowest BCUT2D eigenvalue weighted by atomic mass is 9.98. The van der Waals surface area contributed by atoms with Gasteiger partial charge in [-0.3, -0.25) is 0 Å². The van der Waals surface area contributed by atoms with Crippen LogP contribution in [-0.2, 0) is 4.74 Å². The van der Waals surface area contributed by atoms with Gasteiger partial charge in [0.2, 0.25) is 0 Å². The minimum atomic E-state index is -0.270. The van der Waals surface area contributed by atoms with E-state index in [2.05, 4.69) is 12.2 Å². The van der Waals surface area contributed by atoms with E-state index in [9.17, 15) is 4.39 Å². The second-order valence-electron chi connectivity index (χ2n) is 5.50. The van der Waals surface area contributed by atoms with E-state index >= 15 is 0 Å². The number of hydrogen-bond acceptors (Lipinski definition) is 3. The molecule has 0 saturated carbocycles. The average molecular weight is 301 g/mol. The molecule has 3 nitrogen and oxygen atoms in total. The molecule has 0 aromatic heterocycles. The second kappa shape index (κ2) is 6.46. The maximum absolute atomic E-state index is 13.5. The Labute approximate surface area is 130 Å². The summed E-state index contributed by atoms with van der Waals surface area (Å²) in [6.45, 7) is 3.72. The molecule has 116 valence electrons. The highest BCUT2D eigenvalue weighted by Gasteiger charge is 2.23. The van der Waals surface area contributed by atoms with Crippen molar-refractivity contribution in [3.05, 3.63) is 53.8 Å². The monoisotopic (exact) mass is 301 g/mol. The van der Waals surface area contributed by atoms with Gasteiger partial charge < -0.3 is 14.8 Å². The fourth-order valence-electron chi connectivity index (χ4n) is 2.87. The van der Waals surface area contributed by atoms with Crippen molar-refractivity contribution >= 4 is 0 Å². The Kier molecular flexibility index (Phi) is 4.41. The van der Waals surface area contributed by atoms with E-state index in [1.807, 2.05) is 24.3 Å². The highest BCUT2D eigenvalue weighted by Crippen LogP contribution is 2.32. The van der Waals surface area contributed by atoms with Crippen LogP contribution < -0.4 is 10.1 Å². The van der Waals surface area contributed by atoms with Gasteiger partial charge in [0, 0.05) is 18.2 Å². The summed E-state index contributed by atoms with van der Waals surface area (Å²) in [6, 6.07) is 12.9. The predicted molar refractivity (Wildman–Crippen MR) is 84.5 cm³/mol. The SMILES string of the molecule is COc1ccc(F)cc1-c1ccc([C@@H]2OCCN[C@H]2C)cc1. The third-order valence-corrected chi connectivity index (χ3v) is 4.03. The molecule has 0 amide bonds. The summed E-state index contributed by atoms with van der Waals surface area (Å²) in [5, 5.41) is 3.41. The number of rotatable bonds is 3. The molecule has 0 aliphatic carbocycles. The van der Waals surface area contributed by atoms with Gasteiger partial charge in [0.25, 0.3) is 0 Å². The van der Waals surface area contributed by atoms with E-state index in [1.54, 1.807) is 13.2 Å². The average Bonchev–Trinajstić information content (AvgIpc) is 2.55. The van der Waals surface area contributed by atoms with Gasteiger partial charge in [0.1, 0.15) is 11.6 Å². The summed E-state index contributed by atoms with van der Waals surface area (Å²) in [6.07, 6.45) is 0.0530. The van der Waals surface area contributed by atoms with E-state index in [0.29, 0.717) is 12.4 Å². The summed E-state index contributed by atoms with van der Waals surface area (Å²) < 4.78 is 24.7. The van der Waals surface area contributed by atoms with Gasteiger partial charge >= 0.3 is 0 Å². The molecule has 1 saturated heterocycles. The highest BCUT2D eigenvalue weighted by molar-refractivity contribution is 5.70. The molecule has 1 aliphatic heterocycles. The van der Waals surface area contributed by atoms with Gasteiger partial charge in [-0.25, -0.2) is 4.39 Å². The van der Waals surface area contributed by atoms with Crippen molar-refractivity contribution in [3.8, 4) is 16.9 Å². The van der Waals surface area contributed by atoms with Crippen molar-refractivity contribution in [1.82, 2.24) is 5.32 Å². The highest BCUT2D eigenvalue weighted by atomic mass is 19.1. The quantitative estimate of drug-likeness (QED) is 0.940. The summed E-state index contributed by atoms with van der Waals surface area (Å²) in [7, 11) is 1.59. The zero-order chi connectivity index (χ0) is 15.5. The Hall–Kier alpha value is -1.91. The number of morpholine rings is 1. The molecule has 4 heteroatoms. The number of methoxy groups -OCH3 is 1. The minimum Gasteiger partial charge on any atom is -0.496 e. The van der Waals surface area contributed by atoms with Crippen LogP contribution in [0.5, 0.6) is 5.75 Å². The third kappa shape index (κ3) is 2.98. The molecule has 0 radical (unpaired) electrons. The molecule has 1 N–H and O–H groups in total. The van der Waals surface area contributed by atoms with Gasteiger partial charge in [-0.15, -0.1) is 0 Å². The second-order valence-corrected chi connectivity index (χ2v) is 5.50. The van der Waals surface area contributed by atoms with Gasteiger partial charge in [0.15, 0.2) is 0 Å². The molecule has 0 bridgehead atoms. The first-order chi connectivity index (χ1) is 10.7. The molecule has 2 atom stereocenters. The Morgan fingerprint density at radius 3 is 2.64 bits per heavy atom. The smallest absolute Gasteiger partial charge is 0.126 e. The predicted octanol–water partition coefficient (Wildman–Crippen LogP) is 3.55. The van der Waals surface area contributed by atoms with E-state index < -0.39 is 0 Å². The maximum atomic E-state index is 13.5. The van der Waals surface area contributed by atoms with Gasteiger partial charge in [0.05, 0.1) is 19.8 Å². The first-order valence-electron chi connectivity index (χ1n) is 7.48. The Morgan fingerprint density at radius 2 is 1.95 bits per heavy atom. The van der Waals surface area contributed by atoms with Crippen molar-refractivity contribution in [1.29, 1.82) is 0 Å². The van der Waals surface area contributed by atoms with Gasteiger partial charge in [-0.05, 0) is 36.2 Å². The maximum Gasteiger partial charge on any atom is 0.126 e. The molecule has 0 spiro atoms. The first kappa shape index (κ1) is 15.0. The number of ether oxygens (including phenoxy) is 2. The standard InChI is InChI=1S/C18H20FNO2/c1-12-18(22-10-9-20-12)14-5-3-13(4-6-14)16-11-15(19)7-8-17(16)21-2/h3-8,11-12,18,20H,9-10H2,1-2H3/t12-,18+/m0/s1. The molecule has 1 aliphatic rings. The van der Waals surface area contributed by atoms with Crippen LogP contribution in [0.25, 0.3) is 11.1 Å². The van der Waals surface area contributed by atoms with E-state index in [1.165, 1.54) is 12.1 Å². The van der Waals surface area contributed by atoms with Crippen molar-refractivity contribution < 1.29 is 13.9 Å². The Morgan fingerprint density at radius 1 is 1.18 bits per heavy atom. The largest absolute Gasteiger partial charge is 0.496 e. The Balaban J connectivity index is 1.90. The van der Waals surface area contributed by atoms with Crippen LogP contribution >= 0.6 is 0 Å². The normalized spacial score (nSPS) is 21.6. The minimum absolute atomic E-state index is 0.0530. The molecule has 2 aromatic rings. The number of halogens is 1. The summed E-state index contributed by atoms with van der Waals surface area (Å²) in [5.41, 5.74) is 2.81. The molecular formula is C18H20FNO2. The zero-order valence-electron chi connectivity index (χ0n) is 12.8. The van der Waals surface area contributed by atoms with Crippen LogP contribution in [0.2, 0.25) is 0 Å². The van der Waals surface area contributed by atoms with Crippen LogP contribution in [0.15, 0.2) is 42.5 Å². The van der Waals surface area contributed by atoms with Crippen molar-refractivity contribution in [2.24, 2.45) is 0 Å². The fourth-order valence-corrected chi connectivity index (χ4v) is 2.87. The van der Waals surface area contributed by atoms with Gasteiger partial charge in [-0.1, -0.05) is 24.3 Å². The molecule has 22 heavy (non-hydrogen) atoms. The van der Waals surface area contributed by atoms with Gasteiger partial charge in [-0.2, -0.15) is 0 Å². The summed E-state index contributed by atoms with van der Waals surface area (Å²) >= 11 is 0. The number of benzene rings is 2. The Bertz CT molecular complexity index is 642. The summed E-state index contributed by atoms with van der Waals surface area (Å²) in [5.74, 6) is 0.395. The number of nitrogens with one attached hydrogen (secondary N) is 1. The number of hydrogen-bond donors (Lipinski definition) is 1. The molecular weight excluding hydrogens is 281 g/mol. The van der Waals surface area contributed by atoms with Crippen LogP contribution in [0.4, 0.5) is 4.39 Å². The van der Waals surface area contributed by atoms with E-state index in [-0.39, 0.29) is 18.0 Å². The topological polar surface area (TPSA) is 30.5 Å². The van der Waals surface area contributed by atoms with Crippen LogP contribution in [-0.4, -0.2) is 26.3 Å². The lowest BCUT2D eigenvalue weighted by Crippen LogP contribution is -2.41. The van der Waals surface area contributed by atoms with Crippen molar-refractivity contribution in [3.63, 3.8) is 0 Å². The van der Waals surface area contributed by atoms with E-state index in [4.69, 9.17) is 9.47 Å². The molecule has 1 heterocycles. The third-order valence-electron chi connectivity index (χ3n) is 4.03. The molecule has 3 rings (SSSR count). The van der Waals surface area contributed by atoms with Crippen molar-refractivity contribution in [2.75, 3.05) is 20.3 Å². The fraction of sp³-hybridized carbons (Fsp3) is 0.333.